The van der Waals surface area contributed by atoms with Gasteiger partial charge in [-0.05, 0) is 52.8 Å². The summed E-state index contributed by atoms with van der Waals surface area (Å²) in [5.74, 6) is 1.52. The lowest BCUT2D eigenvalue weighted by atomic mass is 9.96. The van der Waals surface area contributed by atoms with Gasteiger partial charge in [-0.15, -0.1) is 11.3 Å². The van der Waals surface area contributed by atoms with Crippen molar-refractivity contribution in [3.63, 3.8) is 0 Å². The maximum Gasteiger partial charge on any atom is 0.271 e. The number of aldehydes is 1. The van der Waals surface area contributed by atoms with Crippen LogP contribution in [-0.2, 0) is 26.1 Å². The predicted molar refractivity (Wildman–Crippen MR) is 163 cm³/mol. The Bertz CT molecular complexity index is 1660. The normalized spacial score (nSPS) is 11.0. The number of aromatic nitrogens is 1. The summed E-state index contributed by atoms with van der Waals surface area (Å²) in [7, 11) is 0. The van der Waals surface area contributed by atoms with Crippen molar-refractivity contribution in [2.24, 2.45) is 5.73 Å². The Morgan fingerprint density at radius 3 is 2.12 bits per heavy atom. The molecule has 0 radical (unpaired) electrons. The zero-order valence-electron chi connectivity index (χ0n) is 23.5. The summed E-state index contributed by atoms with van der Waals surface area (Å²) in [5, 5.41) is 3.97. The molecule has 0 aliphatic carbocycles. The summed E-state index contributed by atoms with van der Waals surface area (Å²) in [6.07, 6.45) is 1.76. The number of thiophene rings is 1. The molecule has 2 N–H and O–H groups in total. The van der Waals surface area contributed by atoms with Crippen LogP contribution in [0.4, 0.5) is 0 Å². The first-order valence-corrected chi connectivity index (χ1v) is 14.6. The van der Waals surface area contributed by atoms with Crippen molar-refractivity contribution in [3.8, 4) is 21.9 Å². The summed E-state index contributed by atoms with van der Waals surface area (Å²) in [6.45, 7) is 5.11. The van der Waals surface area contributed by atoms with E-state index < -0.39 is 5.91 Å². The van der Waals surface area contributed by atoms with Gasteiger partial charge in [-0.2, -0.15) is 0 Å². The van der Waals surface area contributed by atoms with Crippen LogP contribution in [-0.4, -0.2) is 17.4 Å². The topological polar surface area (TPSA) is 105 Å². The molecule has 5 rings (SSSR count). The van der Waals surface area contributed by atoms with Crippen LogP contribution >= 0.6 is 11.3 Å². The minimum absolute atomic E-state index is 0.0531. The monoisotopic (exact) mass is 580 g/mol. The molecule has 0 bridgehead atoms. The number of rotatable bonds is 13. The maximum atomic E-state index is 12.2. The highest BCUT2D eigenvalue weighted by Gasteiger charge is 2.24. The van der Waals surface area contributed by atoms with Gasteiger partial charge in [-0.3, -0.25) is 9.59 Å². The molecule has 2 aromatic heterocycles. The van der Waals surface area contributed by atoms with Crippen molar-refractivity contribution < 1.29 is 23.6 Å². The third kappa shape index (κ3) is 6.78. The molecule has 214 valence electrons. The third-order valence-electron chi connectivity index (χ3n) is 6.90. The highest BCUT2D eigenvalue weighted by molar-refractivity contribution is 7.17. The van der Waals surface area contributed by atoms with Gasteiger partial charge in [0.25, 0.3) is 5.91 Å². The molecule has 0 unspecified atom stereocenters. The van der Waals surface area contributed by atoms with Crippen LogP contribution in [0.15, 0.2) is 89.5 Å². The van der Waals surface area contributed by atoms with Gasteiger partial charge < -0.3 is 19.7 Å². The summed E-state index contributed by atoms with van der Waals surface area (Å²) >= 11 is 1.26. The van der Waals surface area contributed by atoms with Gasteiger partial charge in [0.05, 0.1) is 10.4 Å². The van der Waals surface area contributed by atoms with E-state index in [1.165, 1.54) is 11.3 Å². The number of hydrogen-bond acceptors (Lipinski definition) is 7. The second kappa shape index (κ2) is 13.3. The number of amides is 1. The van der Waals surface area contributed by atoms with Crippen molar-refractivity contribution in [2.75, 3.05) is 0 Å². The second-order valence-electron chi connectivity index (χ2n) is 10.2. The van der Waals surface area contributed by atoms with E-state index in [0.29, 0.717) is 52.9 Å². The number of ether oxygens (including phenoxy) is 2. The number of primary amides is 1. The van der Waals surface area contributed by atoms with Crippen LogP contribution in [0.2, 0.25) is 0 Å². The fourth-order valence-corrected chi connectivity index (χ4v) is 5.60. The van der Waals surface area contributed by atoms with Crippen molar-refractivity contribution in [3.05, 3.63) is 124 Å². The van der Waals surface area contributed by atoms with Crippen LogP contribution in [0, 0.1) is 0 Å². The number of carbonyl (C=O) groups is 2. The summed E-state index contributed by atoms with van der Waals surface area (Å²) in [5.41, 5.74) is 10.4. The van der Waals surface area contributed by atoms with E-state index in [1.54, 1.807) is 12.1 Å². The van der Waals surface area contributed by atoms with Gasteiger partial charge in [0.1, 0.15) is 30.5 Å². The van der Waals surface area contributed by atoms with Crippen molar-refractivity contribution in [1.29, 1.82) is 0 Å². The molecule has 8 heteroatoms. The molecular weight excluding hydrogens is 548 g/mol. The molecule has 0 saturated carbocycles. The van der Waals surface area contributed by atoms with Gasteiger partial charge in [-0.25, -0.2) is 0 Å². The zero-order chi connectivity index (χ0) is 29.5. The molecule has 3 aromatic carbocycles. The molecule has 0 spiro atoms. The van der Waals surface area contributed by atoms with Crippen LogP contribution < -0.4 is 15.2 Å². The van der Waals surface area contributed by atoms with Crippen molar-refractivity contribution in [1.82, 2.24) is 5.16 Å². The first-order valence-electron chi connectivity index (χ1n) is 13.8. The number of nitrogens with two attached hydrogens (primary N) is 1. The van der Waals surface area contributed by atoms with Crippen LogP contribution in [0.25, 0.3) is 10.4 Å². The molecule has 7 nitrogen and oxygen atoms in total. The highest BCUT2D eigenvalue weighted by Crippen LogP contribution is 2.37. The Labute approximate surface area is 248 Å². The predicted octanol–water partition coefficient (Wildman–Crippen LogP) is 7.38. The Hall–Kier alpha value is -4.69. The van der Waals surface area contributed by atoms with E-state index in [2.05, 4.69) is 25.1 Å². The molecule has 5 aromatic rings. The molecule has 0 fully saturated rings. The molecule has 0 aliphatic rings. The van der Waals surface area contributed by atoms with E-state index in [9.17, 15) is 9.59 Å². The highest BCUT2D eigenvalue weighted by atomic mass is 32.1. The lowest BCUT2D eigenvalue weighted by molar-refractivity contribution is 0.0991. The van der Waals surface area contributed by atoms with E-state index in [4.69, 9.17) is 19.7 Å². The van der Waals surface area contributed by atoms with Crippen LogP contribution in [0.1, 0.15) is 67.9 Å². The Morgan fingerprint density at radius 2 is 1.55 bits per heavy atom. The zero-order valence-corrected chi connectivity index (χ0v) is 24.4. The third-order valence-corrected chi connectivity index (χ3v) is 7.92. The Morgan fingerprint density at radius 1 is 0.905 bits per heavy atom. The number of benzene rings is 3. The van der Waals surface area contributed by atoms with E-state index in [-0.39, 0.29) is 11.6 Å². The molecule has 0 atom stereocenters. The van der Waals surface area contributed by atoms with E-state index >= 15 is 0 Å². The standard InChI is InChI=1S/C34H32N2O5S/c1-22(2)27-17-25(13-15-28-32(33(34(35)38)36-41-28)31-16-14-26(19-37)42-31)29(39-20-23-9-5-3-6-10-23)18-30(27)40-21-24-11-7-4-8-12-24/h3-12,14,16-19,22H,13,15,20-21H2,1-2H3,(H2,35,38). The number of nitrogens with zero attached hydrogens (tertiary/aromatic N) is 1. The Balaban J connectivity index is 1.47. The Kier molecular flexibility index (Phi) is 9.14. The average Bonchev–Trinajstić information content (AvgIpc) is 3.66. The van der Waals surface area contributed by atoms with Gasteiger partial charge >= 0.3 is 0 Å². The summed E-state index contributed by atoms with van der Waals surface area (Å²) in [6, 6.07) is 27.6. The van der Waals surface area contributed by atoms with Crippen molar-refractivity contribution in [2.45, 2.75) is 45.8 Å². The number of hydrogen-bond donors (Lipinski definition) is 1. The quantitative estimate of drug-likeness (QED) is 0.146. The van der Waals surface area contributed by atoms with Crippen LogP contribution in [0.3, 0.4) is 0 Å². The summed E-state index contributed by atoms with van der Waals surface area (Å²) < 4.78 is 18.3. The van der Waals surface area contributed by atoms with Crippen LogP contribution in [0.5, 0.6) is 11.5 Å². The average molecular weight is 581 g/mol. The molecule has 1 amide bonds. The molecule has 0 aliphatic heterocycles. The molecular formula is C34H32N2O5S. The van der Waals surface area contributed by atoms with Gasteiger partial charge in [0, 0.05) is 17.4 Å². The minimum atomic E-state index is -0.685. The molecule has 0 saturated heterocycles. The molecule has 42 heavy (non-hydrogen) atoms. The minimum Gasteiger partial charge on any atom is -0.488 e. The maximum absolute atomic E-state index is 12.2. The first-order chi connectivity index (χ1) is 20.4. The SMILES string of the molecule is CC(C)c1cc(CCc2onc(C(N)=O)c2-c2ccc(C=O)s2)c(OCc2ccccc2)cc1OCc1ccccc1. The fourth-order valence-electron chi connectivity index (χ4n) is 4.72. The lowest BCUT2D eigenvalue weighted by Crippen LogP contribution is -2.12. The van der Waals surface area contributed by atoms with Gasteiger partial charge in [0.15, 0.2) is 12.0 Å². The second-order valence-corrected chi connectivity index (χ2v) is 11.3. The van der Waals surface area contributed by atoms with E-state index in [1.807, 2.05) is 66.7 Å². The van der Waals surface area contributed by atoms with E-state index in [0.717, 1.165) is 34.3 Å². The lowest BCUT2D eigenvalue weighted by Gasteiger charge is -2.20. The van der Waals surface area contributed by atoms with Gasteiger partial charge in [0.2, 0.25) is 0 Å². The smallest absolute Gasteiger partial charge is 0.271 e. The number of carbonyl (C=O) groups excluding carboxylic acids is 2. The first kappa shape index (κ1) is 28.8. The molecule has 2 heterocycles. The van der Waals surface area contributed by atoms with Crippen molar-refractivity contribution >= 4 is 23.5 Å². The largest absolute Gasteiger partial charge is 0.488 e. The van der Waals surface area contributed by atoms with Gasteiger partial charge in [-0.1, -0.05) is 79.7 Å². The number of aryl methyl sites for hydroxylation is 2. The summed E-state index contributed by atoms with van der Waals surface area (Å²) in [4.78, 5) is 24.7. The fraction of sp³-hybridized carbons (Fsp3) is 0.206.